The molecule has 0 fully saturated rings. The lowest BCUT2D eigenvalue weighted by Gasteiger charge is -2.13. The summed E-state index contributed by atoms with van der Waals surface area (Å²) in [5.74, 6) is 0.213. The monoisotopic (exact) mass is 301 g/mol. The summed E-state index contributed by atoms with van der Waals surface area (Å²) < 4.78 is 11.1. The van der Waals surface area contributed by atoms with Crippen molar-refractivity contribution in [2.24, 2.45) is 5.73 Å². The fraction of sp³-hybridized carbons (Fsp3) is 0.417. The third-order valence-corrected chi connectivity index (χ3v) is 2.61. The van der Waals surface area contributed by atoms with Crippen LogP contribution in [0.25, 0.3) is 0 Å². The van der Waals surface area contributed by atoms with Gasteiger partial charge in [0.05, 0.1) is 6.61 Å². The maximum atomic E-state index is 11.2. The first-order valence-corrected chi connectivity index (χ1v) is 6.17. The molecule has 1 aromatic carbocycles. The van der Waals surface area contributed by atoms with Crippen molar-refractivity contribution in [3.8, 4) is 5.75 Å². The standard InChI is InChI=1S/C12H16BrNO3/c1-3-16-12(15)7-17-11-6-9(13)4-5-10(11)8(2)14/h4-6,8H,3,7,14H2,1-2H3/t8-/m0/s1. The second kappa shape index (κ2) is 6.61. The minimum Gasteiger partial charge on any atom is -0.482 e. The molecule has 0 aliphatic heterocycles. The Kier molecular flexibility index (Phi) is 5.44. The molecule has 1 rings (SSSR count). The minimum absolute atomic E-state index is 0.107. The number of benzene rings is 1. The van der Waals surface area contributed by atoms with Crippen LogP contribution in [0.2, 0.25) is 0 Å². The first kappa shape index (κ1) is 14.0. The SMILES string of the molecule is CCOC(=O)COc1cc(Br)ccc1[C@H](C)N. The Labute approximate surface area is 109 Å². The maximum Gasteiger partial charge on any atom is 0.344 e. The highest BCUT2D eigenvalue weighted by molar-refractivity contribution is 9.10. The van der Waals surface area contributed by atoms with Gasteiger partial charge in [0.2, 0.25) is 0 Å². The Bertz CT molecular complexity index is 393. The minimum atomic E-state index is -0.386. The number of carbonyl (C=O) groups excluding carboxylic acids is 1. The van der Waals surface area contributed by atoms with Crippen molar-refractivity contribution < 1.29 is 14.3 Å². The zero-order chi connectivity index (χ0) is 12.8. The molecule has 4 nitrogen and oxygen atoms in total. The van der Waals surface area contributed by atoms with Crippen molar-refractivity contribution in [3.63, 3.8) is 0 Å². The summed E-state index contributed by atoms with van der Waals surface area (Å²) in [6.45, 7) is 3.86. The van der Waals surface area contributed by atoms with Crippen molar-refractivity contribution in [2.45, 2.75) is 19.9 Å². The average molecular weight is 302 g/mol. The van der Waals surface area contributed by atoms with E-state index in [2.05, 4.69) is 15.9 Å². The lowest BCUT2D eigenvalue weighted by atomic mass is 10.1. The molecule has 1 atom stereocenters. The first-order chi connectivity index (χ1) is 8.04. The van der Waals surface area contributed by atoms with Crippen LogP contribution in [0.1, 0.15) is 25.5 Å². The zero-order valence-electron chi connectivity index (χ0n) is 9.90. The highest BCUT2D eigenvalue weighted by atomic mass is 79.9. The van der Waals surface area contributed by atoms with Gasteiger partial charge in [-0.25, -0.2) is 4.79 Å². The number of hydrogen-bond donors (Lipinski definition) is 1. The van der Waals surface area contributed by atoms with Gasteiger partial charge in [-0.2, -0.15) is 0 Å². The van der Waals surface area contributed by atoms with E-state index in [-0.39, 0.29) is 18.6 Å². The van der Waals surface area contributed by atoms with Crippen molar-refractivity contribution in [1.82, 2.24) is 0 Å². The van der Waals surface area contributed by atoms with Gasteiger partial charge in [0.25, 0.3) is 0 Å². The maximum absolute atomic E-state index is 11.2. The summed E-state index contributed by atoms with van der Waals surface area (Å²) in [5, 5.41) is 0. The molecular formula is C12H16BrNO3. The lowest BCUT2D eigenvalue weighted by molar-refractivity contribution is -0.145. The normalized spacial score (nSPS) is 12.0. The third kappa shape index (κ3) is 4.36. The number of esters is 1. The average Bonchev–Trinajstić information content (AvgIpc) is 2.26. The van der Waals surface area contributed by atoms with E-state index in [1.54, 1.807) is 13.0 Å². The van der Waals surface area contributed by atoms with Crippen LogP contribution >= 0.6 is 15.9 Å². The summed E-state index contributed by atoms with van der Waals surface area (Å²) in [6, 6.07) is 5.39. The Hall–Kier alpha value is -1.07. The molecule has 1 aromatic rings. The fourth-order valence-electron chi connectivity index (χ4n) is 1.35. The molecule has 0 unspecified atom stereocenters. The van der Waals surface area contributed by atoms with E-state index in [9.17, 15) is 4.79 Å². The second-order valence-corrected chi connectivity index (χ2v) is 4.48. The molecule has 17 heavy (non-hydrogen) atoms. The molecule has 0 radical (unpaired) electrons. The van der Waals surface area contributed by atoms with E-state index in [0.717, 1.165) is 10.0 Å². The smallest absolute Gasteiger partial charge is 0.344 e. The van der Waals surface area contributed by atoms with Gasteiger partial charge < -0.3 is 15.2 Å². The molecule has 0 aromatic heterocycles. The van der Waals surface area contributed by atoms with Gasteiger partial charge in [-0.05, 0) is 26.0 Å². The first-order valence-electron chi connectivity index (χ1n) is 5.38. The van der Waals surface area contributed by atoms with Crippen molar-refractivity contribution >= 4 is 21.9 Å². The molecule has 0 heterocycles. The molecule has 0 saturated heterocycles. The van der Waals surface area contributed by atoms with E-state index >= 15 is 0 Å². The highest BCUT2D eigenvalue weighted by Gasteiger charge is 2.10. The van der Waals surface area contributed by atoms with Crippen LogP contribution in [-0.4, -0.2) is 19.2 Å². The number of nitrogens with two attached hydrogens (primary N) is 1. The second-order valence-electron chi connectivity index (χ2n) is 3.56. The van der Waals surface area contributed by atoms with Crippen LogP contribution < -0.4 is 10.5 Å². The molecule has 0 spiro atoms. The summed E-state index contributed by atoms with van der Waals surface area (Å²) in [6.07, 6.45) is 0. The van der Waals surface area contributed by atoms with Crippen molar-refractivity contribution in [1.29, 1.82) is 0 Å². The Morgan fingerprint density at radius 3 is 2.82 bits per heavy atom. The Morgan fingerprint density at radius 1 is 1.53 bits per heavy atom. The predicted octanol–water partition coefficient (Wildman–Crippen LogP) is 2.41. The van der Waals surface area contributed by atoms with Gasteiger partial charge >= 0.3 is 5.97 Å². The van der Waals surface area contributed by atoms with Crippen LogP contribution in [0, 0.1) is 0 Å². The topological polar surface area (TPSA) is 61.5 Å². The number of halogens is 1. The molecule has 0 aliphatic carbocycles. The predicted molar refractivity (Wildman–Crippen MR) is 68.9 cm³/mol. The fourth-order valence-corrected chi connectivity index (χ4v) is 1.69. The molecule has 0 aliphatic rings. The summed E-state index contributed by atoms with van der Waals surface area (Å²) in [5.41, 5.74) is 6.68. The van der Waals surface area contributed by atoms with E-state index in [1.165, 1.54) is 0 Å². The van der Waals surface area contributed by atoms with Gasteiger partial charge in [0.15, 0.2) is 6.61 Å². The summed E-state index contributed by atoms with van der Waals surface area (Å²) in [7, 11) is 0. The number of carbonyl (C=O) groups is 1. The van der Waals surface area contributed by atoms with Crippen molar-refractivity contribution in [2.75, 3.05) is 13.2 Å². The summed E-state index contributed by atoms with van der Waals surface area (Å²) in [4.78, 5) is 11.2. The molecule has 0 saturated carbocycles. The van der Waals surface area contributed by atoms with E-state index < -0.39 is 0 Å². The quantitative estimate of drug-likeness (QED) is 0.849. The van der Waals surface area contributed by atoms with Crippen LogP contribution in [-0.2, 0) is 9.53 Å². The lowest BCUT2D eigenvalue weighted by Crippen LogP contribution is -2.16. The van der Waals surface area contributed by atoms with Crippen LogP contribution in [0.3, 0.4) is 0 Å². The van der Waals surface area contributed by atoms with E-state index in [0.29, 0.717) is 12.4 Å². The van der Waals surface area contributed by atoms with Crippen LogP contribution in [0.5, 0.6) is 5.75 Å². The zero-order valence-corrected chi connectivity index (χ0v) is 11.5. The summed E-state index contributed by atoms with van der Waals surface area (Å²) >= 11 is 3.35. The van der Waals surface area contributed by atoms with Crippen LogP contribution in [0.15, 0.2) is 22.7 Å². The van der Waals surface area contributed by atoms with Gasteiger partial charge in [-0.15, -0.1) is 0 Å². The number of hydrogen-bond acceptors (Lipinski definition) is 4. The Morgan fingerprint density at radius 2 is 2.24 bits per heavy atom. The molecule has 94 valence electrons. The van der Waals surface area contributed by atoms with Gasteiger partial charge in [-0.3, -0.25) is 0 Å². The number of rotatable bonds is 5. The largest absolute Gasteiger partial charge is 0.482 e. The molecule has 0 bridgehead atoms. The molecule has 0 amide bonds. The van der Waals surface area contributed by atoms with Crippen LogP contribution in [0.4, 0.5) is 0 Å². The molecule has 2 N–H and O–H groups in total. The molecule has 5 heteroatoms. The van der Waals surface area contributed by atoms with E-state index in [4.69, 9.17) is 15.2 Å². The van der Waals surface area contributed by atoms with Crippen molar-refractivity contribution in [3.05, 3.63) is 28.2 Å². The van der Waals surface area contributed by atoms with Gasteiger partial charge in [-0.1, -0.05) is 22.0 Å². The van der Waals surface area contributed by atoms with Gasteiger partial charge in [0.1, 0.15) is 5.75 Å². The highest BCUT2D eigenvalue weighted by Crippen LogP contribution is 2.27. The Balaban J connectivity index is 2.75. The van der Waals surface area contributed by atoms with E-state index in [1.807, 2.05) is 19.1 Å². The third-order valence-electron chi connectivity index (χ3n) is 2.12. The molecular weight excluding hydrogens is 286 g/mol. The number of ether oxygens (including phenoxy) is 2. The van der Waals surface area contributed by atoms with Gasteiger partial charge in [0, 0.05) is 16.1 Å².